The maximum absolute atomic E-state index is 12.0. The summed E-state index contributed by atoms with van der Waals surface area (Å²) in [5.74, 6) is 0.129. The van der Waals surface area contributed by atoms with Crippen molar-refractivity contribution in [3.8, 4) is 0 Å². The number of ketones is 1. The van der Waals surface area contributed by atoms with Crippen molar-refractivity contribution >= 4 is 15.6 Å². The van der Waals surface area contributed by atoms with Crippen molar-refractivity contribution < 1.29 is 13.2 Å². The van der Waals surface area contributed by atoms with E-state index in [9.17, 15) is 13.2 Å². The van der Waals surface area contributed by atoms with E-state index in [1.165, 1.54) is 6.26 Å². The lowest BCUT2D eigenvalue weighted by Crippen LogP contribution is -2.15. The van der Waals surface area contributed by atoms with Gasteiger partial charge in [0.2, 0.25) is 0 Å². The van der Waals surface area contributed by atoms with Crippen LogP contribution in [0.2, 0.25) is 0 Å². The maximum Gasteiger partial charge on any atom is 0.166 e. The van der Waals surface area contributed by atoms with Gasteiger partial charge < -0.3 is 0 Å². The second kappa shape index (κ2) is 6.32. The predicted octanol–water partition coefficient (Wildman–Crippen LogP) is 1.65. The number of rotatable bonds is 7. The third kappa shape index (κ3) is 3.89. The van der Waals surface area contributed by atoms with E-state index in [-0.39, 0.29) is 11.5 Å². The number of aryl methyl sites for hydroxylation is 2. The van der Waals surface area contributed by atoms with E-state index in [1.54, 1.807) is 4.68 Å². The van der Waals surface area contributed by atoms with E-state index >= 15 is 0 Å². The number of carbonyl (C=O) groups excluding carboxylic acids is 1. The molecule has 0 aromatic carbocycles. The van der Waals surface area contributed by atoms with Crippen LogP contribution < -0.4 is 0 Å². The van der Waals surface area contributed by atoms with Crippen LogP contribution in [0.1, 0.15) is 48.9 Å². The Balaban J connectivity index is 3.19. The van der Waals surface area contributed by atoms with Crippen LogP contribution in [0, 0.1) is 0 Å². The summed E-state index contributed by atoms with van der Waals surface area (Å²) in [6.07, 6.45) is 3.01. The fraction of sp³-hybridized carbons (Fsp3) is 0.692. The summed E-state index contributed by atoms with van der Waals surface area (Å²) in [7, 11) is -3.03. The Kier molecular flexibility index (Phi) is 5.29. The highest BCUT2D eigenvalue weighted by Gasteiger charge is 2.20. The summed E-state index contributed by atoms with van der Waals surface area (Å²) in [6, 6.07) is 0. The summed E-state index contributed by atoms with van der Waals surface area (Å²) >= 11 is 0. The molecule has 0 aliphatic rings. The molecule has 1 heterocycles. The lowest BCUT2D eigenvalue weighted by Gasteiger charge is -2.06. The summed E-state index contributed by atoms with van der Waals surface area (Å²) in [5.41, 5.74) is 2.32. The Morgan fingerprint density at radius 3 is 2.26 bits per heavy atom. The van der Waals surface area contributed by atoms with Crippen molar-refractivity contribution in [2.45, 2.75) is 46.6 Å². The molecule has 0 spiro atoms. The Bertz CT molecular complexity index is 559. The first kappa shape index (κ1) is 15.9. The quantitative estimate of drug-likeness (QED) is 0.715. The van der Waals surface area contributed by atoms with Gasteiger partial charge >= 0.3 is 0 Å². The van der Waals surface area contributed by atoms with Gasteiger partial charge in [-0.2, -0.15) is 5.10 Å². The van der Waals surface area contributed by atoms with E-state index < -0.39 is 9.84 Å². The molecule has 0 aliphatic heterocycles. The largest absolute Gasteiger partial charge is 0.294 e. The third-order valence-corrected chi connectivity index (χ3v) is 4.00. The number of Topliss-reactive ketones (excluding diaryl/α,β-unsaturated/α-hetero) is 1. The molecule has 0 saturated carbocycles. The molecule has 0 aliphatic carbocycles. The number of nitrogens with zero attached hydrogens (tertiary/aromatic N) is 2. The number of hydrogen-bond donors (Lipinski definition) is 0. The Hall–Kier alpha value is -1.17. The van der Waals surface area contributed by atoms with E-state index in [0.29, 0.717) is 31.4 Å². The lowest BCUT2D eigenvalue weighted by atomic mass is 10.0. The van der Waals surface area contributed by atoms with Crippen LogP contribution in [0.25, 0.3) is 0 Å². The molecule has 1 rings (SSSR count). The first-order valence-corrected chi connectivity index (χ1v) is 8.69. The molecule has 0 radical (unpaired) electrons. The molecule has 6 heteroatoms. The van der Waals surface area contributed by atoms with Crippen LogP contribution in [-0.2, 0) is 29.2 Å². The molecule has 19 heavy (non-hydrogen) atoms. The molecule has 0 N–H and O–H groups in total. The van der Waals surface area contributed by atoms with E-state index in [2.05, 4.69) is 5.10 Å². The van der Waals surface area contributed by atoms with Gasteiger partial charge in [-0.1, -0.05) is 20.8 Å². The summed E-state index contributed by atoms with van der Waals surface area (Å²) in [6.45, 7) is 6.05. The van der Waals surface area contributed by atoms with Crippen molar-refractivity contribution in [3.05, 3.63) is 17.0 Å². The molecule has 0 fully saturated rings. The van der Waals surface area contributed by atoms with Gasteiger partial charge in [-0.3, -0.25) is 9.48 Å². The Morgan fingerprint density at radius 2 is 1.84 bits per heavy atom. The number of hydrogen-bond acceptors (Lipinski definition) is 4. The fourth-order valence-electron chi connectivity index (χ4n) is 2.09. The number of aromatic nitrogens is 2. The van der Waals surface area contributed by atoms with Crippen molar-refractivity contribution in [3.63, 3.8) is 0 Å². The standard InChI is InChI=1S/C13H22N2O3S/c1-5-10-13(12(16)7-3)11(6-2)15(14-10)8-9-19(4,17)18/h5-9H2,1-4H3. The number of sulfone groups is 1. The van der Waals surface area contributed by atoms with Gasteiger partial charge in [-0.25, -0.2) is 8.42 Å². The second-order valence-corrected chi connectivity index (χ2v) is 6.86. The average Bonchev–Trinajstić information content (AvgIpc) is 2.72. The van der Waals surface area contributed by atoms with Crippen LogP contribution >= 0.6 is 0 Å². The predicted molar refractivity (Wildman–Crippen MR) is 75.3 cm³/mol. The van der Waals surface area contributed by atoms with Gasteiger partial charge in [-0.05, 0) is 12.8 Å². The summed E-state index contributed by atoms with van der Waals surface area (Å²) in [5, 5.41) is 4.40. The maximum atomic E-state index is 12.0. The van der Waals surface area contributed by atoms with Crippen molar-refractivity contribution in [1.29, 1.82) is 0 Å². The zero-order chi connectivity index (χ0) is 14.6. The van der Waals surface area contributed by atoms with E-state index in [0.717, 1.165) is 11.4 Å². The normalized spacial score (nSPS) is 11.8. The third-order valence-electron chi connectivity index (χ3n) is 3.07. The molecule has 108 valence electrons. The lowest BCUT2D eigenvalue weighted by molar-refractivity contribution is 0.0986. The SMILES string of the molecule is CCC(=O)c1c(CC)nn(CCS(C)(=O)=O)c1CC. The van der Waals surface area contributed by atoms with Gasteiger partial charge in [0.05, 0.1) is 23.6 Å². The molecule has 1 aromatic heterocycles. The minimum Gasteiger partial charge on any atom is -0.294 e. The molecule has 5 nitrogen and oxygen atoms in total. The topological polar surface area (TPSA) is 69.0 Å². The average molecular weight is 286 g/mol. The molecular formula is C13H22N2O3S. The minimum absolute atomic E-state index is 0.0462. The number of carbonyl (C=O) groups is 1. The molecule has 0 amide bonds. The monoisotopic (exact) mass is 286 g/mol. The molecule has 0 unspecified atom stereocenters. The first-order chi connectivity index (χ1) is 8.84. The molecule has 0 saturated heterocycles. The van der Waals surface area contributed by atoms with Crippen LogP contribution in [0.3, 0.4) is 0 Å². The first-order valence-electron chi connectivity index (χ1n) is 6.63. The van der Waals surface area contributed by atoms with E-state index in [1.807, 2.05) is 20.8 Å². The van der Waals surface area contributed by atoms with Crippen molar-refractivity contribution in [2.75, 3.05) is 12.0 Å². The van der Waals surface area contributed by atoms with Gasteiger partial charge in [0.1, 0.15) is 9.84 Å². The van der Waals surface area contributed by atoms with Gasteiger partial charge in [0.25, 0.3) is 0 Å². The van der Waals surface area contributed by atoms with E-state index in [4.69, 9.17) is 0 Å². The summed E-state index contributed by atoms with van der Waals surface area (Å²) in [4.78, 5) is 12.0. The van der Waals surface area contributed by atoms with Gasteiger partial charge in [-0.15, -0.1) is 0 Å². The summed E-state index contributed by atoms with van der Waals surface area (Å²) < 4.78 is 24.2. The minimum atomic E-state index is -3.03. The Labute approximate surface area is 114 Å². The fourth-order valence-corrected chi connectivity index (χ4v) is 2.60. The smallest absolute Gasteiger partial charge is 0.166 e. The highest BCUT2D eigenvalue weighted by Crippen LogP contribution is 2.18. The van der Waals surface area contributed by atoms with Crippen LogP contribution in [-0.4, -0.2) is 36.0 Å². The van der Waals surface area contributed by atoms with Crippen molar-refractivity contribution in [1.82, 2.24) is 9.78 Å². The molecule has 1 aromatic rings. The highest BCUT2D eigenvalue weighted by molar-refractivity contribution is 7.90. The zero-order valence-electron chi connectivity index (χ0n) is 12.1. The van der Waals surface area contributed by atoms with Crippen LogP contribution in [0.5, 0.6) is 0 Å². The van der Waals surface area contributed by atoms with Gasteiger partial charge in [0.15, 0.2) is 5.78 Å². The van der Waals surface area contributed by atoms with Crippen LogP contribution in [0.4, 0.5) is 0 Å². The second-order valence-electron chi connectivity index (χ2n) is 4.61. The Morgan fingerprint density at radius 1 is 1.21 bits per heavy atom. The van der Waals surface area contributed by atoms with Gasteiger partial charge in [0, 0.05) is 18.4 Å². The van der Waals surface area contributed by atoms with Crippen LogP contribution in [0.15, 0.2) is 0 Å². The zero-order valence-corrected chi connectivity index (χ0v) is 12.9. The molecule has 0 atom stereocenters. The molecular weight excluding hydrogens is 264 g/mol. The highest BCUT2D eigenvalue weighted by atomic mass is 32.2. The molecule has 0 bridgehead atoms. The van der Waals surface area contributed by atoms with Crippen molar-refractivity contribution in [2.24, 2.45) is 0 Å².